The second-order valence-electron chi connectivity index (χ2n) is 12.6. The van der Waals surface area contributed by atoms with Gasteiger partial charge in [0.25, 0.3) is 5.22 Å². The number of carbonyl (C=O) groups is 1. The van der Waals surface area contributed by atoms with Gasteiger partial charge in [-0.15, -0.1) is 0 Å². The molecular formula is C43H41N3O5S. The molecule has 8 nitrogen and oxygen atoms in total. The molecule has 0 saturated carbocycles. The molecule has 4 atom stereocenters. The van der Waals surface area contributed by atoms with E-state index >= 15 is 0 Å². The van der Waals surface area contributed by atoms with E-state index in [-0.39, 0.29) is 30.8 Å². The Hall–Kier alpha value is -5.19. The van der Waals surface area contributed by atoms with E-state index in [1.54, 1.807) is 0 Å². The van der Waals surface area contributed by atoms with Crippen LogP contribution in [-0.2, 0) is 22.6 Å². The molecule has 1 saturated heterocycles. The summed E-state index contributed by atoms with van der Waals surface area (Å²) in [7, 11) is 0. The third-order valence-electron chi connectivity index (χ3n) is 9.07. The van der Waals surface area contributed by atoms with Crippen molar-refractivity contribution in [3.63, 3.8) is 0 Å². The number of nitrogens with zero attached hydrogens (tertiary/aromatic N) is 1. The molecule has 2 heterocycles. The number of oxazole rings is 1. The van der Waals surface area contributed by atoms with Gasteiger partial charge in [0.1, 0.15) is 5.69 Å². The monoisotopic (exact) mass is 711 g/mol. The predicted octanol–water partition coefficient (Wildman–Crippen LogP) is 9.05. The summed E-state index contributed by atoms with van der Waals surface area (Å²) >= 11 is 1.53. The largest absolute Gasteiger partial charge is 0.431 e. The molecular weight excluding hydrogens is 671 g/mol. The van der Waals surface area contributed by atoms with Crippen LogP contribution in [0.5, 0.6) is 0 Å². The number of aliphatic hydroxyl groups is 1. The van der Waals surface area contributed by atoms with Gasteiger partial charge in [0, 0.05) is 41.5 Å². The second kappa shape index (κ2) is 16.9. The zero-order valence-corrected chi connectivity index (χ0v) is 29.7. The SMILES string of the molecule is CCNC(=O)NCc1ccc(C2O[C@H](CSc3nc(-c4ccccc4)c(-c4ccccc4)o3)[C@@H](c3ccccc3)[C@H](c3ccc(CO)cc3)O2)cc1. The van der Waals surface area contributed by atoms with Crippen molar-refractivity contribution < 1.29 is 23.8 Å². The van der Waals surface area contributed by atoms with Gasteiger partial charge in [0.05, 0.1) is 18.8 Å². The Morgan fingerprint density at radius 1 is 0.712 bits per heavy atom. The van der Waals surface area contributed by atoms with Gasteiger partial charge in [-0.2, -0.15) is 0 Å². The third-order valence-corrected chi connectivity index (χ3v) is 9.99. The highest BCUT2D eigenvalue weighted by Crippen LogP contribution is 2.48. The molecule has 3 N–H and O–H groups in total. The fraction of sp³-hybridized carbons (Fsp3) is 0.209. The molecule has 0 spiro atoms. The molecule has 7 rings (SSSR count). The molecule has 0 bridgehead atoms. The topological polar surface area (TPSA) is 106 Å². The number of ether oxygens (including phenoxy) is 2. The van der Waals surface area contributed by atoms with Crippen LogP contribution in [0.15, 0.2) is 149 Å². The fourth-order valence-corrected chi connectivity index (χ4v) is 7.33. The Balaban J connectivity index is 1.21. The van der Waals surface area contributed by atoms with Crippen LogP contribution < -0.4 is 10.6 Å². The number of hydrogen-bond donors (Lipinski definition) is 3. The van der Waals surface area contributed by atoms with Crippen molar-refractivity contribution in [2.45, 2.75) is 49.7 Å². The summed E-state index contributed by atoms with van der Waals surface area (Å²) in [6, 6.07) is 46.2. The Morgan fingerprint density at radius 2 is 1.33 bits per heavy atom. The number of thioether (sulfide) groups is 1. The maximum atomic E-state index is 12.0. The van der Waals surface area contributed by atoms with E-state index in [4.69, 9.17) is 18.9 Å². The zero-order chi connectivity index (χ0) is 35.7. The Morgan fingerprint density at radius 3 is 1.98 bits per heavy atom. The number of nitrogens with one attached hydrogen (secondary N) is 2. The van der Waals surface area contributed by atoms with Gasteiger partial charge in [0.2, 0.25) is 0 Å². The molecule has 1 unspecified atom stereocenters. The van der Waals surface area contributed by atoms with E-state index in [0.29, 0.717) is 24.1 Å². The Labute approximate surface area is 308 Å². The molecule has 52 heavy (non-hydrogen) atoms. The van der Waals surface area contributed by atoms with E-state index in [1.807, 2.05) is 134 Å². The van der Waals surface area contributed by atoms with Crippen LogP contribution >= 0.6 is 11.8 Å². The van der Waals surface area contributed by atoms with Crippen molar-refractivity contribution in [3.8, 4) is 22.6 Å². The first-order chi connectivity index (χ1) is 25.6. The molecule has 2 amide bonds. The fourth-order valence-electron chi connectivity index (χ4n) is 6.44. The summed E-state index contributed by atoms with van der Waals surface area (Å²) in [5.41, 5.74) is 7.49. The van der Waals surface area contributed by atoms with Gasteiger partial charge >= 0.3 is 6.03 Å². The van der Waals surface area contributed by atoms with Crippen LogP contribution in [0, 0.1) is 0 Å². The molecule has 9 heteroatoms. The van der Waals surface area contributed by atoms with Crippen molar-refractivity contribution in [2.24, 2.45) is 0 Å². The summed E-state index contributed by atoms with van der Waals surface area (Å²) in [6.45, 7) is 2.81. The number of aliphatic hydroxyl groups excluding tert-OH is 1. The van der Waals surface area contributed by atoms with Crippen LogP contribution in [0.2, 0.25) is 0 Å². The average molecular weight is 712 g/mol. The molecule has 1 fully saturated rings. The molecule has 0 radical (unpaired) electrons. The minimum atomic E-state index is -0.664. The van der Waals surface area contributed by atoms with Crippen molar-refractivity contribution in [2.75, 3.05) is 12.3 Å². The number of aromatic nitrogens is 1. The van der Waals surface area contributed by atoms with Crippen LogP contribution in [0.25, 0.3) is 22.6 Å². The summed E-state index contributed by atoms with van der Waals surface area (Å²) in [6.07, 6.45) is -1.33. The summed E-state index contributed by atoms with van der Waals surface area (Å²) in [5, 5.41) is 16.0. The van der Waals surface area contributed by atoms with Crippen LogP contribution in [0.4, 0.5) is 4.79 Å². The Bertz CT molecular complexity index is 1970. The lowest BCUT2D eigenvalue weighted by atomic mass is 9.84. The van der Waals surface area contributed by atoms with E-state index in [0.717, 1.165) is 50.4 Å². The smallest absolute Gasteiger partial charge is 0.315 e. The van der Waals surface area contributed by atoms with Crippen LogP contribution in [0.3, 0.4) is 0 Å². The molecule has 5 aromatic carbocycles. The summed E-state index contributed by atoms with van der Waals surface area (Å²) in [4.78, 5) is 17.0. The highest BCUT2D eigenvalue weighted by atomic mass is 32.2. The maximum Gasteiger partial charge on any atom is 0.315 e. The van der Waals surface area contributed by atoms with Gasteiger partial charge in [-0.1, -0.05) is 151 Å². The second-order valence-corrected chi connectivity index (χ2v) is 13.5. The normalized spacial score (nSPS) is 18.5. The standard InChI is InChI=1S/C43H41N3O5S/c1-2-44-42(48)45-26-29-18-24-35(25-19-29)41-49-36(37(31-12-6-3-7-13-31)39(50-41)34-22-20-30(27-47)21-23-34)28-52-43-46-38(32-14-8-4-9-15-32)40(51-43)33-16-10-5-11-17-33/h3-25,36-37,39,41,47H,2,26-28H2,1H3,(H2,44,45,48)/t36-,37-,39+,41?/m1/s1. The van der Waals surface area contributed by atoms with Gasteiger partial charge in [-0.25, -0.2) is 9.78 Å². The first-order valence-electron chi connectivity index (χ1n) is 17.5. The number of rotatable bonds is 12. The number of hydrogen-bond acceptors (Lipinski definition) is 7. The molecule has 1 aromatic heterocycles. The average Bonchev–Trinajstić information content (AvgIpc) is 3.65. The summed E-state index contributed by atoms with van der Waals surface area (Å²) < 4.78 is 20.3. The number of urea groups is 1. The third kappa shape index (κ3) is 8.30. The molecule has 0 aliphatic carbocycles. The van der Waals surface area contributed by atoms with Crippen LogP contribution in [0.1, 0.15) is 53.1 Å². The Kier molecular flexibility index (Phi) is 11.4. The van der Waals surface area contributed by atoms with Gasteiger partial charge in [-0.3, -0.25) is 0 Å². The van der Waals surface area contributed by atoms with Gasteiger partial charge < -0.3 is 29.6 Å². The lowest BCUT2D eigenvalue weighted by Gasteiger charge is -2.43. The first-order valence-corrected chi connectivity index (χ1v) is 18.5. The lowest BCUT2D eigenvalue weighted by molar-refractivity contribution is -0.255. The van der Waals surface area contributed by atoms with Gasteiger partial charge in [0.15, 0.2) is 12.1 Å². The quantitative estimate of drug-likeness (QED) is 0.109. The minimum absolute atomic E-state index is 0.0354. The summed E-state index contributed by atoms with van der Waals surface area (Å²) in [5.74, 6) is 1.10. The maximum absolute atomic E-state index is 12.0. The van der Waals surface area contributed by atoms with Crippen molar-refractivity contribution in [3.05, 3.63) is 167 Å². The predicted molar refractivity (Wildman–Crippen MR) is 203 cm³/mol. The number of benzene rings is 5. The highest BCUT2D eigenvalue weighted by molar-refractivity contribution is 7.99. The first kappa shape index (κ1) is 35.2. The van der Waals surface area contributed by atoms with Crippen molar-refractivity contribution in [1.82, 2.24) is 15.6 Å². The van der Waals surface area contributed by atoms with Crippen molar-refractivity contribution >= 4 is 17.8 Å². The number of carbonyl (C=O) groups excluding carboxylic acids is 1. The molecule has 264 valence electrons. The van der Waals surface area contributed by atoms with Gasteiger partial charge in [-0.05, 0) is 29.2 Å². The lowest BCUT2D eigenvalue weighted by Crippen LogP contribution is -2.38. The van der Waals surface area contributed by atoms with E-state index in [9.17, 15) is 9.90 Å². The molecule has 1 aliphatic heterocycles. The molecule has 1 aliphatic rings. The zero-order valence-electron chi connectivity index (χ0n) is 28.9. The van der Waals surface area contributed by atoms with Crippen LogP contribution in [-0.4, -0.2) is 34.5 Å². The van der Waals surface area contributed by atoms with E-state index in [1.165, 1.54) is 11.8 Å². The minimum Gasteiger partial charge on any atom is -0.431 e. The number of amides is 2. The van der Waals surface area contributed by atoms with E-state index in [2.05, 4.69) is 22.8 Å². The molecule has 6 aromatic rings. The highest BCUT2D eigenvalue weighted by Gasteiger charge is 2.42. The van der Waals surface area contributed by atoms with Crippen molar-refractivity contribution in [1.29, 1.82) is 0 Å². The van der Waals surface area contributed by atoms with E-state index < -0.39 is 6.29 Å².